The maximum absolute atomic E-state index is 12.5. The van der Waals surface area contributed by atoms with Gasteiger partial charge < -0.3 is 10.2 Å². The first-order chi connectivity index (χ1) is 9.36. The van der Waals surface area contributed by atoms with Gasteiger partial charge in [-0.1, -0.05) is 43.9 Å². The summed E-state index contributed by atoms with van der Waals surface area (Å²) in [5.74, 6) is 0.233. The summed E-state index contributed by atoms with van der Waals surface area (Å²) in [6.45, 7) is 1.26. The topological polar surface area (TPSA) is 32.3 Å². The number of para-hydroxylation sites is 1. The monoisotopic (exact) mass is 258 g/mol. The van der Waals surface area contributed by atoms with Crippen LogP contribution in [0.5, 0.6) is 0 Å². The lowest BCUT2D eigenvalue weighted by molar-refractivity contribution is -0.118. The Morgan fingerprint density at radius 2 is 1.74 bits per heavy atom. The van der Waals surface area contributed by atoms with Gasteiger partial charge in [0.2, 0.25) is 5.91 Å². The van der Waals surface area contributed by atoms with E-state index < -0.39 is 0 Å². The number of anilines is 1. The predicted molar refractivity (Wildman–Crippen MR) is 77.1 cm³/mol. The number of amides is 1. The molecule has 1 amide bonds. The zero-order valence-corrected chi connectivity index (χ0v) is 11.4. The Hall–Kier alpha value is -1.35. The molecule has 0 radical (unpaired) electrons. The molecule has 1 fully saturated rings. The van der Waals surface area contributed by atoms with E-state index in [0.717, 1.165) is 25.1 Å². The Morgan fingerprint density at radius 3 is 2.53 bits per heavy atom. The Kier molecular flexibility index (Phi) is 3.83. The molecular formula is C16H22N2O. The number of nitrogens with zero attached hydrogens (tertiary/aromatic N) is 1. The molecule has 2 aliphatic rings. The van der Waals surface area contributed by atoms with Crippen LogP contribution >= 0.6 is 0 Å². The Labute approximate surface area is 115 Å². The lowest BCUT2D eigenvalue weighted by Gasteiger charge is -2.31. The van der Waals surface area contributed by atoms with Crippen molar-refractivity contribution in [2.45, 2.75) is 51.1 Å². The smallest absolute Gasteiger partial charge is 0.241 e. The maximum Gasteiger partial charge on any atom is 0.241 e. The molecule has 1 aromatic carbocycles. The molecule has 0 saturated heterocycles. The summed E-state index contributed by atoms with van der Waals surface area (Å²) in [4.78, 5) is 14.5. The second kappa shape index (κ2) is 5.74. The lowest BCUT2D eigenvalue weighted by Crippen LogP contribution is -2.43. The number of hydrogen-bond donors (Lipinski definition) is 1. The van der Waals surface area contributed by atoms with E-state index in [4.69, 9.17) is 0 Å². The van der Waals surface area contributed by atoms with E-state index in [0.29, 0.717) is 12.6 Å². The fraction of sp³-hybridized carbons (Fsp3) is 0.562. The third kappa shape index (κ3) is 2.66. The van der Waals surface area contributed by atoms with Gasteiger partial charge in [0, 0.05) is 18.3 Å². The molecule has 0 unspecified atom stereocenters. The van der Waals surface area contributed by atoms with E-state index in [1.165, 1.54) is 31.2 Å². The largest absolute Gasteiger partial charge is 0.308 e. The summed E-state index contributed by atoms with van der Waals surface area (Å²) in [6.07, 6.45) is 7.45. The maximum atomic E-state index is 12.5. The van der Waals surface area contributed by atoms with Crippen molar-refractivity contribution in [3.63, 3.8) is 0 Å². The van der Waals surface area contributed by atoms with Crippen LogP contribution < -0.4 is 10.2 Å². The normalized spacial score (nSPS) is 21.7. The van der Waals surface area contributed by atoms with Gasteiger partial charge in [-0.15, -0.1) is 0 Å². The average molecular weight is 258 g/mol. The molecule has 3 rings (SSSR count). The van der Waals surface area contributed by atoms with Crippen molar-refractivity contribution in [1.82, 2.24) is 5.32 Å². The molecular weight excluding hydrogens is 236 g/mol. The Morgan fingerprint density at radius 1 is 1.00 bits per heavy atom. The van der Waals surface area contributed by atoms with Crippen LogP contribution in [-0.2, 0) is 11.3 Å². The molecule has 1 N–H and O–H groups in total. The van der Waals surface area contributed by atoms with Gasteiger partial charge in [-0.3, -0.25) is 4.79 Å². The quantitative estimate of drug-likeness (QED) is 0.786. The highest BCUT2D eigenvalue weighted by atomic mass is 16.2. The van der Waals surface area contributed by atoms with Crippen molar-refractivity contribution in [2.24, 2.45) is 0 Å². The number of rotatable bonds is 1. The molecule has 1 saturated carbocycles. The summed E-state index contributed by atoms with van der Waals surface area (Å²) in [5, 5.41) is 3.25. The molecule has 1 heterocycles. The van der Waals surface area contributed by atoms with Crippen LogP contribution in [0.25, 0.3) is 0 Å². The van der Waals surface area contributed by atoms with Crippen LogP contribution in [0.15, 0.2) is 24.3 Å². The third-order valence-electron chi connectivity index (χ3n) is 4.30. The molecule has 3 heteroatoms. The van der Waals surface area contributed by atoms with E-state index in [-0.39, 0.29) is 5.91 Å². The number of benzene rings is 1. The first-order valence-electron chi connectivity index (χ1n) is 7.47. The van der Waals surface area contributed by atoms with Crippen LogP contribution in [0, 0.1) is 0 Å². The highest BCUT2D eigenvalue weighted by Gasteiger charge is 2.28. The van der Waals surface area contributed by atoms with E-state index in [1.807, 2.05) is 6.07 Å². The number of carbonyl (C=O) groups excluding carboxylic acids is 1. The van der Waals surface area contributed by atoms with Crippen LogP contribution in [0.4, 0.5) is 5.69 Å². The SMILES string of the molecule is O=C1CNCc2ccccc2N1C1CCCCCC1. The Balaban J connectivity index is 1.94. The molecule has 102 valence electrons. The van der Waals surface area contributed by atoms with Gasteiger partial charge in [-0.25, -0.2) is 0 Å². The molecule has 0 atom stereocenters. The zero-order valence-electron chi connectivity index (χ0n) is 11.4. The van der Waals surface area contributed by atoms with Gasteiger partial charge in [0.05, 0.1) is 6.54 Å². The van der Waals surface area contributed by atoms with Crippen molar-refractivity contribution in [1.29, 1.82) is 0 Å². The van der Waals surface area contributed by atoms with Gasteiger partial charge in [-0.05, 0) is 24.5 Å². The molecule has 3 nitrogen and oxygen atoms in total. The summed E-state index contributed by atoms with van der Waals surface area (Å²) < 4.78 is 0. The number of nitrogens with one attached hydrogen (secondary N) is 1. The fourth-order valence-electron chi connectivity index (χ4n) is 3.34. The second-order valence-corrected chi connectivity index (χ2v) is 5.64. The van der Waals surface area contributed by atoms with Crippen LogP contribution in [0.2, 0.25) is 0 Å². The Bertz CT molecular complexity index is 450. The summed E-state index contributed by atoms with van der Waals surface area (Å²) in [7, 11) is 0. The fourth-order valence-corrected chi connectivity index (χ4v) is 3.34. The van der Waals surface area contributed by atoms with Gasteiger partial charge in [0.25, 0.3) is 0 Å². The summed E-state index contributed by atoms with van der Waals surface area (Å²) >= 11 is 0. The molecule has 19 heavy (non-hydrogen) atoms. The first-order valence-corrected chi connectivity index (χ1v) is 7.47. The molecule has 1 aromatic rings. The van der Waals surface area contributed by atoms with E-state index in [9.17, 15) is 4.79 Å². The van der Waals surface area contributed by atoms with Crippen molar-refractivity contribution in [2.75, 3.05) is 11.4 Å². The molecule has 1 aliphatic carbocycles. The zero-order chi connectivity index (χ0) is 13.1. The van der Waals surface area contributed by atoms with Crippen molar-refractivity contribution < 1.29 is 4.79 Å². The van der Waals surface area contributed by atoms with Gasteiger partial charge >= 0.3 is 0 Å². The number of hydrogen-bond acceptors (Lipinski definition) is 2. The molecule has 0 spiro atoms. The minimum absolute atomic E-state index is 0.233. The third-order valence-corrected chi connectivity index (χ3v) is 4.30. The van der Waals surface area contributed by atoms with E-state index in [2.05, 4.69) is 28.4 Å². The average Bonchev–Trinajstić information content (AvgIpc) is 2.77. The van der Waals surface area contributed by atoms with Crippen LogP contribution in [0.3, 0.4) is 0 Å². The number of fused-ring (bicyclic) bond motifs is 1. The van der Waals surface area contributed by atoms with E-state index in [1.54, 1.807) is 0 Å². The first kappa shape index (κ1) is 12.7. The summed E-state index contributed by atoms with van der Waals surface area (Å²) in [6, 6.07) is 8.73. The van der Waals surface area contributed by atoms with E-state index >= 15 is 0 Å². The minimum atomic E-state index is 0.233. The van der Waals surface area contributed by atoms with Crippen LogP contribution in [-0.4, -0.2) is 18.5 Å². The standard InChI is InChI=1S/C16H22N2O/c19-16-12-17-11-13-7-5-6-10-15(13)18(16)14-8-3-1-2-4-9-14/h5-7,10,14,17H,1-4,8-9,11-12H2. The van der Waals surface area contributed by atoms with Gasteiger partial charge in [0.15, 0.2) is 0 Å². The second-order valence-electron chi connectivity index (χ2n) is 5.64. The van der Waals surface area contributed by atoms with Crippen molar-refractivity contribution in [3.8, 4) is 0 Å². The predicted octanol–water partition coefficient (Wildman–Crippen LogP) is 2.85. The molecule has 0 aromatic heterocycles. The molecule has 1 aliphatic heterocycles. The lowest BCUT2D eigenvalue weighted by atomic mass is 10.0. The van der Waals surface area contributed by atoms with Crippen molar-refractivity contribution >= 4 is 11.6 Å². The van der Waals surface area contributed by atoms with Crippen molar-refractivity contribution in [3.05, 3.63) is 29.8 Å². The minimum Gasteiger partial charge on any atom is -0.308 e. The van der Waals surface area contributed by atoms with Gasteiger partial charge in [-0.2, -0.15) is 0 Å². The van der Waals surface area contributed by atoms with Gasteiger partial charge in [0.1, 0.15) is 0 Å². The highest BCUT2D eigenvalue weighted by Crippen LogP contribution is 2.30. The summed E-state index contributed by atoms with van der Waals surface area (Å²) in [5.41, 5.74) is 2.38. The highest BCUT2D eigenvalue weighted by molar-refractivity contribution is 5.96. The molecule has 0 bridgehead atoms. The number of carbonyl (C=O) groups is 1. The van der Waals surface area contributed by atoms with Crippen LogP contribution in [0.1, 0.15) is 44.1 Å².